The van der Waals surface area contributed by atoms with Crippen molar-refractivity contribution in [3.05, 3.63) is 0 Å². The van der Waals surface area contributed by atoms with Crippen LogP contribution in [0.5, 0.6) is 0 Å². The van der Waals surface area contributed by atoms with E-state index in [0.29, 0.717) is 17.5 Å². The number of nitrogens with zero attached hydrogens (tertiary/aromatic N) is 1. The van der Waals surface area contributed by atoms with Crippen LogP contribution in [0.25, 0.3) is 0 Å². The minimum Gasteiger partial charge on any atom is -0.329 e. The Morgan fingerprint density at radius 1 is 1.11 bits per heavy atom. The first-order valence-corrected chi connectivity index (χ1v) is 7.69. The molecule has 0 saturated heterocycles. The Morgan fingerprint density at radius 2 is 1.61 bits per heavy atom. The van der Waals surface area contributed by atoms with Crippen LogP contribution in [0.2, 0.25) is 0 Å². The van der Waals surface area contributed by atoms with Crippen molar-refractivity contribution >= 4 is 0 Å². The largest absolute Gasteiger partial charge is 0.329 e. The molecule has 0 heterocycles. The van der Waals surface area contributed by atoms with E-state index >= 15 is 0 Å². The fourth-order valence-corrected chi connectivity index (χ4v) is 3.44. The minimum atomic E-state index is 0.479. The normalized spacial score (nSPS) is 27.8. The summed E-state index contributed by atoms with van der Waals surface area (Å²) in [5, 5.41) is 0. The smallest absolute Gasteiger partial charge is 0.0246 e. The maximum atomic E-state index is 6.02. The molecule has 0 aromatic heterocycles. The molecule has 1 unspecified atom stereocenters. The fraction of sp³-hybridized carbons (Fsp3) is 1.00. The highest BCUT2D eigenvalue weighted by atomic mass is 15.2. The van der Waals surface area contributed by atoms with Gasteiger partial charge in [-0.1, -0.05) is 20.8 Å². The van der Waals surface area contributed by atoms with Crippen LogP contribution in [-0.4, -0.2) is 30.6 Å². The number of nitrogens with two attached hydrogens (primary N) is 1. The highest BCUT2D eigenvalue weighted by Crippen LogP contribution is 2.41. The van der Waals surface area contributed by atoms with Gasteiger partial charge in [0.15, 0.2) is 0 Å². The number of hydrogen-bond donors (Lipinski definition) is 1. The molecule has 1 rings (SSSR count). The van der Waals surface area contributed by atoms with E-state index in [4.69, 9.17) is 5.73 Å². The van der Waals surface area contributed by atoms with Gasteiger partial charge in [0, 0.05) is 18.6 Å². The van der Waals surface area contributed by atoms with Gasteiger partial charge in [-0.2, -0.15) is 0 Å². The Hall–Kier alpha value is -0.0800. The van der Waals surface area contributed by atoms with Crippen molar-refractivity contribution in [3.63, 3.8) is 0 Å². The molecule has 0 bridgehead atoms. The van der Waals surface area contributed by atoms with Crippen LogP contribution in [0.1, 0.15) is 60.3 Å². The molecule has 2 N–H and O–H groups in total. The molecule has 1 aliphatic rings. The van der Waals surface area contributed by atoms with Crippen LogP contribution in [-0.2, 0) is 0 Å². The second kappa shape index (κ2) is 6.38. The maximum Gasteiger partial charge on any atom is 0.0246 e. The molecule has 0 aromatic rings. The Labute approximate surface area is 114 Å². The quantitative estimate of drug-likeness (QED) is 0.832. The van der Waals surface area contributed by atoms with E-state index in [-0.39, 0.29) is 0 Å². The van der Waals surface area contributed by atoms with E-state index in [2.05, 4.69) is 46.6 Å². The van der Waals surface area contributed by atoms with Gasteiger partial charge in [-0.05, 0) is 63.8 Å². The summed E-state index contributed by atoms with van der Waals surface area (Å²) in [6.07, 6.45) is 5.49. The van der Waals surface area contributed by atoms with Crippen molar-refractivity contribution < 1.29 is 0 Å². The molecule has 1 fully saturated rings. The van der Waals surface area contributed by atoms with Gasteiger partial charge >= 0.3 is 0 Å². The molecule has 0 aliphatic heterocycles. The molecular formula is C16H34N2. The van der Waals surface area contributed by atoms with Gasteiger partial charge in [0.05, 0.1) is 0 Å². The third kappa shape index (κ3) is 3.96. The highest BCUT2D eigenvalue weighted by molar-refractivity contribution is 4.87. The van der Waals surface area contributed by atoms with Crippen molar-refractivity contribution in [1.82, 2.24) is 4.90 Å². The van der Waals surface area contributed by atoms with E-state index in [1.165, 1.54) is 25.7 Å². The second-order valence-electron chi connectivity index (χ2n) is 7.54. The zero-order chi connectivity index (χ0) is 13.9. The summed E-state index contributed by atoms with van der Waals surface area (Å²) < 4.78 is 0. The molecule has 2 nitrogen and oxygen atoms in total. The lowest BCUT2D eigenvalue weighted by Crippen LogP contribution is -2.48. The van der Waals surface area contributed by atoms with E-state index in [9.17, 15) is 0 Å². The Kier molecular flexibility index (Phi) is 5.67. The molecule has 1 aliphatic carbocycles. The summed E-state index contributed by atoms with van der Waals surface area (Å²) in [4.78, 5) is 2.47. The Morgan fingerprint density at radius 3 is 1.94 bits per heavy atom. The monoisotopic (exact) mass is 254 g/mol. The van der Waals surface area contributed by atoms with Crippen molar-refractivity contribution in [1.29, 1.82) is 0 Å². The van der Waals surface area contributed by atoms with Crippen molar-refractivity contribution in [2.75, 3.05) is 13.6 Å². The van der Waals surface area contributed by atoms with Gasteiger partial charge in [0.2, 0.25) is 0 Å². The van der Waals surface area contributed by atoms with Gasteiger partial charge in [-0.3, -0.25) is 4.90 Å². The molecule has 0 aromatic carbocycles. The third-order valence-electron chi connectivity index (χ3n) is 5.12. The van der Waals surface area contributed by atoms with Crippen LogP contribution in [0.3, 0.4) is 0 Å². The average Bonchev–Trinajstić information content (AvgIpc) is 2.29. The summed E-state index contributed by atoms with van der Waals surface area (Å²) in [5.74, 6) is 1.71. The number of hydrogen-bond acceptors (Lipinski definition) is 2. The van der Waals surface area contributed by atoms with Crippen LogP contribution >= 0.6 is 0 Å². The highest BCUT2D eigenvalue weighted by Gasteiger charge is 2.34. The van der Waals surface area contributed by atoms with Gasteiger partial charge in [0.25, 0.3) is 0 Å². The zero-order valence-electron chi connectivity index (χ0n) is 13.4. The van der Waals surface area contributed by atoms with Crippen LogP contribution in [0, 0.1) is 17.3 Å². The fourth-order valence-electron chi connectivity index (χ4n) is 3.44. The first-order chi connectivity index (χ1) is 8.27. The molecule has 0 radical (unpaired) electrons. The lowest BCUT2D eigenvalue weighted by atomic mass is 9.68. The predicted octanol–water partition coefficient (Wildman–Crippen LogP) is 3.51. The topological polar surface area (TPSA) is 29.3 Å². The van der Waals surface area contributed by atoms with Gasteiger partial charge in [-0.15, -0.1) is 0 Å². The van der Waals surface area contributed by atoms with Gasteiger partial charge in [-0.25, -0.2) is 0 Å². The SMILES string of the molecule is CC(C)N(C)C(CN)C1CCC(C(C)(C)C)CC1. The second-order valence-corrected chi connectivity index (χ2v) is 7.54. The first kappa shape index (κ1) is 16.0. The van der Waals surface area contributed by atoms with Crippen LogP contribution < -0.4 is 5.73 Å². The lowest BCUT2D eigenvalue weighted by Gasteiger charge is -2.42. The molecule has 18 heavy (non-hydrogen) atoms. The van der Waals surface area contributed by atoms with Gasteiger partial charge < -0.3 is 5.73 Å². The van der Waals surface area contributed by atoms with E-state index in [0.717, 1.165) is 18.4 Å². The number of rotatable bonds is 4. The number of likely N-dealkylation sites (N-methyl/N-ethyl adjacent to an activating group) is 1. The van der Waals surface area contributed by atoms with Gasteiger partial charge in [0.1, 0.15) is 0 Å². The van der Waals surface area contributed by atoms with Crippen LogP contribution in [0.15, 0.2) is 0 Å². The zero-order valence-corrected chi connectivity index (χ0v) is 13.4. The van der Waals surface area contributed by atoms with E-state index in [1.54, 1.807) is 0 Å². The Balaban J connectivity index is 2.55. The first-order valence-electron chi connectivity index (χ1n) is 7.69. The maximum absolute atomic E-state index is 6.02. The Bertz CT molecular complexity index is 234. The summed E-state index contributed by atoms with van der Waals surface area (Å²) in [5.41, 5.74) is 6.50. The molecular weight excluding hydrogens is 220 g/mol. The lowest BCUT2D eigenvalue weighted by molar-refractivity contribution is 0.0810. The average molecular weight is 254 g/mol. The van der Waals surface area contributed by atoms with E-state index in [1.807, 2.05) is 0 Å². The standard InChI is InChI=1S/C16H34N2/c1-12(2)18(6)15(11-17)13-7-9-14(10-8-13)16(3,4)5/h12-15H,7-11,17H2,1-6H3. The third-order valence-corrected chi connectivity index (χ3v) is 5.12. The predicted molar refractivity (Wildman–Crippen MR) is 80.6 cm³/mol. The summed E-state index contributed by atoms with van der Waals surface area (Å²) >= 11 is 0. The molecule has 0 amide bonds. The molecule has 108 valence electrons. The molecule has 1 saturated carbocycles. The summed E-state index contributed by atoms with van der Waals surface area (Å²) in [6.45, 7) is 12.5. The summed E-state index contributed by atoms with van der Waals surface area (Å²) in [7, 11) is 2.23. The van der Waals surface area contributed by atoms with Crippen molar-refractivity contribution in [3.8, 4) is 0 Å². The molecule has 1 atom stereocenters. The van der Waals surface area contributed by atoms with Crippen molar-refractivity contribution in [2.45, 2.75) is 72.4 Å². The minimum absolute atomic E-state index is 0.479. The molecule has 0 spiro atoms. The van der Waals surface area contributed by atoms with E-state index < -0.39 is 0 Å². The molecule has 2 heteroatoms. The van der Waals surface area contributed by atoms with Crippen molar-refractivity contribution in [2.24, 2.45) is 23.0 Å². The summed E-state index contributed by atoms with van der Waals surface area (Å²) in [6, 6.07) is 1.17. The van der Waals surface area contributed by atoms with Crippen LogP contribution in [0.4, 0.5) is 0 Å².